The van der Waals surface area contributed by atoms with Gasteiger partial charge in [0.15, 0.2) is 0 Å². The van der Waals surface area contributed by atoms with Crippen molar-refractivity contribution in [1.82, 2.24) is 9.47 Å². The van der Waals surface area contributed by atoms with E-state index in [1.165, 1.54) is 0 Å². The quantitative estimate of drug-likeness (QED) is 0.849. The van der Waals surface area contributed by atoms with Crippen LogP contribution in [0.4, 0.5) is 4.79 Å². The molecular formula is C14H21N3O3. The molecule has 6 nitrogen and oxygen atoms in total. The average molecular weight is 279 g/mol. The Balaban J connectivity index is 2.22. The second-order valence-electron chi connectivity index (χ2n) is 6.06. The highest BCUT2D eigenvalue weighted by molar-refractivity contribution is 5.94. The van der Waals surface area contributed by atoms with Gasteiger partial charge >= 0.3 is 6.09 Å². The lowest BCUT2D eigenvalue weighted by Gasteiger charge is -2.31. The van der Waals surface area contributed by atoms with E-state index in [4.69, 9.17) is 10.5 Å². The van der Waals surface area contributed by atoms with Crippen molar-refractivity contribution in [3.05, 3.63) is 23.0 Å². The van der Waals surface area contributed by atoms with Gasteiger partial charge in [-0.1, -0.05) is 0 Å². The number of aromatic nitrogens is 1. The molecule has 0 aliphatic carbocycles. The summed E-state index contributed by atoms with van der Waals surface area (Å²) in [6.45, 7) is 8.98. The summed E-state index contributed by atoms with van der Waals surface area (Å²) in [5, 5.41) is 0. The summed E-state index contributed by atoms with van der Waals surface area (Å²) in [5.41, 5.74) is 7.11. The third kappa shape index (κ3) is 2.79. The number of amides is 2. The van der Waals surface area contributed by atoms with Gasteiger partial charge in [0, 0.05) is 18.8 Å². The number of nitrogens with two attached hydrogens (primary N) is 1. The van der Waals surface area contributed by atoms with Crippen LogP contribution >= 0.6 is 0 Å². The Hall–Kier alpha value is -1.98. The first kappa shape index (κ1) is 14.4. The molecular weight excluding hydrogens is 258 g/mol. The van der Waals surface area contributed by atoms with Crippen molar-refractivity contribution >= 4 is 12.0 Å². The van der Waals surface area contributed by atoms with Gasteiger partial charge in [0.1, 0.15) is 5.60 Å². The molecule has 1 aliphatic heterocycles. The second-order valence-corrected chi connectivity index (χ2v) is 6.06. The Morgan fingerprint density at radius 3 is 2.50 bits per heavy atom. The Morgan fingerprint density at radius 1 is 1.30 bits per heavy atom. The molecule has 1 aliphatic rings. The van der Waals surface area contributed by atoms with Crippen molar-refractivity contribution in [3.8, 4) is 0 Å². The number of fused-ring (bicyclic) bond motifs is 1. The van der Waals surface area contributed by atoms with E-state index in [0.29, 0.717) is 25.2 Å². The summed E-state index contributed by atoms with van der Waals surface area (Å²) >= 11 is 0. The van der Waals surface area contributed by atoms with E-state index in [0.717, 1.165) is 11.4 Å². The van der Waals surface area contributed by atoms with Crippen molar-refractivity contribution < 1.29 is 14.3 Å². The average Bonchev–Trinajstić information content (AvgIpc) is 2.64. The molecule has 1 aromatic heterocycles. The molecule has 0 saturated heterocycles. The zero-order chi connectivity index (χ0) is 15.1. The number of carbonyl (C=O) groups excluding carboxylic acids is 2. The Morgan fingerprint density at radius 2 is 1.95 bits per heavy atom. The minimum atomic E-state index is -0.529. The van der Waals surface area contributed by atoms with Gasteiger partial charge in [0.05, 0.1) is 17.8 Å². The van der Waals surface area contributed by atoms with Gasteiger partial charge in [-0.2, -0.15) is 0 Å². The highest BCUT2D eigenvalue weighted by atomic mass is 16.6. The number of nitrogens with zero attached hydrogens (tertiary/aromatic N) is 2. The standard InChI is InChI=1S/C14H21N3O3/c1-9-7-10(12(15)18)11-8-16(5-6-17(9)11)13(19)20-14(2,3)4/h7H,5-6,8H2,1-4H3,(H2,15,18). The molecule has 0 radical (unpaired) electrons. The van der Waals surface area contributed by atoms with Crippen molar-refractivity contribution in [2.24, 2.45) is 5.73 Å². The summed E-state index contributed by atoms with van der Waals surface area (Å²) in [4.78, 5) is 25.2. The maximum Gasteiger partial charge on any atom is 0.410 e. The van der Waals surface area contributed by atoms with E-state index >= 15 is 0 Å². The van der Waals surface area contributed by atoms with Crippen LogP contribution in [-0.2, 0) is 17.8 Å². The van der Waals surface area contributed by atoms with Crippen LogP contribution in [0.5, 0.6) is 0 Å². The molecule has 0 saturated carbocycles. The van der Waals surface area contributed by atoms with E-state index in [1.807, 2.05) is 32.3 Å². The number of ether oxygens (including phenoxy) is 1. The minimum absolute atomic E-state index is 0.348. The molecule has 0 atom stereocenters. The third-order valence-corrected chi connectivity index (χ3v) is 3.27. The van der Waals surface area contributed by atoms with Gasteiger partial charge in [-0.15, -0.1) is 0 Å². The molecule has 0 bridgehead atoms. The van der Waals surface area contributed by atoms with Gasteiger partial charge in [-0.25, -0.2) is 4.79 Å². The molecule has 110 valence electrons. The van der Waals surface area contributed by atoms with E-state index < -0.39 is 11.5 Å². The summed E-state index contributed by atoms with van der Waals surface area (Å²) in [6.07, 6.45) is -0.363. The molecule has 1 aromatic rings. The smallest absolute Gasteiger partial charge is 0.410 e. The number of primary amides is 1. The monoisotopic (exact) mass is 279 g/mol. The first-order chi connectivity index (χ1) is 9.19. The maximum atomic E-state index is 12.1. The second kappa shape index (κ2) is 4.85. The summed E-state index contributed by atoms with van der Waals surface area (Å²) in [7, 11) is 0. The predicted molar refractivity (Wildman–Crippen MR) is 74.3 cm³/mol. The fraction of sp³-hybridized carbons (Fsp3) is 0.571. The van der Waals surface area contributed by atoms with Gasteiger partial charge in [0.25, 0.3) is 5.91 Å². The maximum absolute atomic E-state index is 12.1. The van der Waals surface area contributed by atoms with Crippen molar-refractivity contribution in [1.29, 1.82) is 0 Å². The summed E-state index contributed by atoms with van der Waals surface area (Å²) in [5.74, 6) is -0.465. The largest absolute Gasteiger partial charge is 0.444 e. The van der Waals surface area contributed by atoms with E-state index in [1.54, 1.807) is 11.0 Å². The fourth-order valence-corrected chi connectivity index (χ4v) is 2.39. The SMILES string of the molecule is Cc1cc(C(N)=O)c2n1CCN(C(=O)OC(C)(C)C)C2. The van der Waals surface area contributed by atoms with E-state index in [-0.39, 0.29) is 6.09 Å². The number of hydrogen-bond donors (Lipinski definition) is 1. The molecule has 0 spiro atoms. The number of rotatable bonds is 1. The Labute approximate surface area is 118 Å². The van der Waals surface area contributed by atoms with Gasteiger partial charge in [0.2, 0.25) is 0 Å². The lowest BCUT2D eigenvalue weighted by molar-refractivity contribution is 0.0197. The molecule has 0 fully saturated rings. The van der Waals surface area contributed by atoms with Crippen molar-refractivity contribution in [2.75, 3.05) is 6.54 Å². The molecule has 0 aromatic carbocycles. The van der Waals surface area contributed by atoms with Gasteiger partial charge in [-0.3, -0.25) is 4.79 Å². The topological polar surface area (TPSA) is 77.6 Å². The Bertz CT molecular complexity index is 555. The number of carbonyl (C=O) groups is 2. The zero-order valence-corrected chi connectivity index (χ0v) is 12.4. The first-order valence-electron chi connectivity index (χ1n) is 6.66. The normalized spacial score (nSPS) is 14.9. The number of aryl methyl sites for hydroxylation is 1. The molecule has 6 heteroatoms. The zero-order valence-electron chi connectivity index (χ0n) is 12.4. The lowest BCUT2D eigenvalue weighted by atomic mass is 10.2. The summed E-state index contributed by atoms with van der Waals surface area (Å²) < 4.78 is 7.39. The molecule has 20 heavy (non-hydrogen) atoms. The van der Waals surface area contributed by atoms with Crippen LogP contribution in [0.15, 0.2) is 6.07 Å². The molecule has 0 unspecified atom stereocenters. The van der Waals surface area contributed by atoms with Crippen LogP contribution in [0.2, 0.25) is 0 Å². The number of hydrogen-bond acceptors (Lipinski definition) is 3. The molecule has 2 heterocycles. The van der Waals surface area contributed by atoms with E-state index in [9.17, 15) is 9.59 Å². The van der Waals surface area contributed by atoms with Crippen LogP contribution in [0.3, 0.4) is 0 Å². The lowest BCUT2D eigenvalue weighted by Crippen LogP contribution is -2.42. The van der Waals surface area contributed by atoms with Crippen LogP contribution in [0.25, 0.3) is 0 Å². The van der Waals surface area contributed by atoms with E-state index in [2.05, 4.69) is 0 Å². The van der Waals surface area contributed by atoms with Gasteiger partial charge < -0.3 is 19.9 Å². The third-order valence-electron chi connectivity index (χ3n) is 3.27. The highest BCUT2D eigenvalue weighted by Gasteiger charge is 2.29. The van der Waals surface area contributed by atoms with Crippen LogP contribution in [-0.4, -0.2) is 33.6 Å². The minimum Gasteiger partial charge on any atom is -0.444 e. The van der Waals surface area contributed by atoms with Crippen LogP contribution < -0.4 is 5.73 Å². The van der Waals surface area contributed by atoms with Crippen molar-refractivity contribution in [3.63, 3.8) is 0 Å². The van der Waals surface area contributed by atoms with Crippen molar-refractivity contribution in [2.45, 2.75) is 46.4 Å². The van der Waals surface area contributed by atoms with Gasteiger partial charge in [-0.05, 0) is 33.8 Å². The molecule has 2 amide bonds. The summed E-state index contributed by atoms with van der Waals surface area (Å²) in [6, 6.07) is 1.77. The van der Waals surface area contributed by atoms with Crippen LogP contribution in [0.1, 0.15) is 42.5 Å². The fourth-order valence-electron chi connectivity index (χ4n) is 2.39. The highest BCUT2D eigenvalue weighted by Crippen LogP contribution is 2.23. The molecule has 2 N–H and O–H groups in total. The molecule has 2 rings (SSSR count). The first-order valence-corrected chi connectivity index (χ1v) is 6.66. The van der Waals surface area contributed by atoms with Crippen LogP contribution in [0, 0.1) is 6.92 Å². The predicted octanol–water partition coefficient (Wildman–Crippen LogP) is 1.65. The Kier molecular flexibility index (Phi) is 3.50.